The number of piperidine rings is 1. The molecule has 1 aromatic heterocycles. The van der Waals surface area contributed by atoms with Gasteiger partial charge in [0.2, 0.25) is 15.9 Å². The van der Waals surface area contributed by atoms with E-state index in [9.17, 15) is 13.2 Å². The summed E-state index contributed by atoms with van der Waals surface area (Å²) in [5.41, 5.74) is 3.34. The topological polar surface area (TPSA) is 92.5 Å². The van der Waals surface area contributed by atoms with Gasteiger partial charge >= 0.3 is 0 Å². The predicted molar refractivity (Wildman–Crippen MR) is 121 cm³/mol. The third-order valence-corrected chi connectivity index (χ3v) is 8.39. The number of nitrogens with one attached hydrogen (secondary N) is 1. The second-order valence-corrected chi connectivity index (χ2v) is 11.5. The highest BCUT2D eigenvalue weighted by Gasteiger charge is 2.34. The van der Waals surface area contributed by atoms with E-state index in [1.807, 2.05) is 54.5 Å². The van der Waals surface area contributed by atoms with Crippen molar-refractivity contribution < 1.29 is 17.7 Å². The van der Waals surface area contributed by atoms with E-state index in [0.29, 0.717) is 42.4 Å². The summed E-state index contributed by atoms with van der Waals surface area (Å²) in [5, 5.41) is 6.74. The number of benzene rings is 1. The zero-order valence-electron chi connectivity index (χ0n) is 19.5. The van der Waals surface area contributed by atoms with Gasteiger partial charge in [-0.15, -0.1) is 0 Å². The van der Waals surface area contributed by atoms with Crippen LogP contribution in [0.5, 0.6) is 0 Å². The van der Waals surface area contributed by atoms with Crippen LogP contribution in [0.25, 0.3) is 0 Å². The Hall–Kier alpha value is -2.19. The van der Waals surface area contributed by atoms with E-state index in [2.05, 4.69) is 10.5 Å². The maximum atomic E-state index is 13.4. The van der Waals surface area contributed by atoms with Crippen LogP contribution < -0.4 is 5.32 Å². The molecule has 0 spiro atoms. The van der Waals surface area contributed by atoms with Crippen molar-refractivity contribution in [1.29, 1.82) is 0 Å². The fourth-order valence-corrected chi connectivity index (χ4v) is 6.02. The molecule has 1 amide bonds. The highest BCUT2D eigenvalue weighted by Crippen LogP contribution is 2.31. The lowest BCUT2D eigenvalue weighted by atomic mass is 9.93. The maximum Gasteiger partial charge on any atom is 0.243 e. The molecule has 8 heteroatoms. The summed E-state index contributed by atoms with van der Waals surface area (Å²) < 4.78 is 33.6. The molecule has 1 fully saturated rings. The first-order valence-corrected chi connectivity index (χ1v) is 12.1. The number of anilines is 1. The number of carbonyl (C=O) groups is 1. The summed E-state index contributed by atoms with van der Waals surface area (Å²) >= 11 is 0. The predicted octanol–water partition coefficient (Wildman–Crippen LogP) is 4.25. The largest absolute Gasteiger partial charge is 0.359 e. The molecule has 7 nitrogen and oxygen atoms in total. The monoisotopic (exact) mass is 447 g/mol. The summed E-state index contributed by atoms with van der Waals surface area (Å²) in [6, 6.07) is 3.76. The van der Waals surface area contributed by atoms with Crippen molar-refractivity contribution in [3.8, 4) is 0 Å². The van der Waals surface area contributed by atoms with E-state index in [0.717, 1.165) is 22.3 Å². The molecule has 1 N–H and O–H groups in total. The molecule has 0 bridgehead atoms. The van der Waals surface area contributed by atoms with Gasteiger partial charge in [0.15, 0.2) is 5.82 Å². The third kappa shape index (κ3) is 4.70. The molecule has 2 aromatic rings. The minimum absolute atomic E-state index is 0.149. The molecule has 170 valence electrons. The van der Waals surface area contributed by atoms with Crippen LogP contribution in [-0.4, -0.2) is 36.9 Å². The first-order valence-electron chi connectivity index (χ1n) is 10.7. The van der Waals surface area contributed by atoms with Gasteiger partial charge in [0, 0.05) is 30.5 Å². The van der Waals surface area contributed by atoms with E-state index < -0.39 is 10.0 Å². The van der Waals surface area contributed by atoms with Gasteiger partial charge in [-0.25, -0.2) is 8.42 Å². The molecule has 0 saturated carbocycles. The molecule has 31 heavy (non-hydrogen) atoms. The van der Waals surface area contributed by atoms with E-state index in [1.54, 1.807) is 6.07 Å². The molecule has 1 saturated heterocycles. The number of hydrogen-bond acceptors (Lipinski definition) is 5. The standard InChI is InChI=1S/C23H33N3O4S/c1-14-12-15(2)17(4)21(16(14)3)31(28,29)26-10-8-18(9-11-26)22(27)24-20-13-19(30-25-20)23(5,6)7/h12-13,18H,8-11H2,1-7H3,(H,24,25,27). The molecular weight excluding hydrogens is 414 g/mol. The van der Waals surface area contributed by atoms with Crippen LogP contribution in [0, 0.1) is 33.6 Å². The summed E-state index contributed by atoms with van der Waals surface area (Å²) in [7, 11) is -3.62. The van der Waals surface area contributed by atoms with Crippen LogP contribution in [0.15, 0.2) is 21.6 Å². The van der Waals surface area contributed by atoms with Gasteiger partial charge in [-0.3, -0.25) is 4.79 Å². The Morgan fingerprint density at radius 3 is 2.10 bits per heavy atom. The SMILES string of the molecule is Cc1cc(C)c(C)c(S(=O)(=O)N2CCC(C(=O)Nc3cc(C(C)(C)C)on3)CC2)c1C. The highest BCUT2D eigenvalue weighted by atomic mass is 32.2. The van der Waals surface area contributed by atoms with E-state index in [-0.39, 0.29) is 17.2 Å². The number of aryl methyl sites for hydroxylation is 2. The molecule has 2 heterocycles. The van der Waals surface area contributed by atoms with Crippen molar-refractivity contribution in [1.82, 2.24) is 9.46 Å². The quantitative estimate of drug-likeness (QED) is 0.757. The van der Waals surface area contributed by atoms with Crippen LogP contribution in [0.2, 0.25) is 0 Å². The van der Waals surface area contributed by atoms with Gasteiger partial charge in [0.05, 0.1) is 4.90 Å². The Morgan fingerprint density at radius 2 is 1.61 bits per heavy atom. The minimum atomic E-state index is -3.62. The van der Waals surface area contributed by atoms with Crippen LogP contribution in [0.3, 0.4) is 0 Å². The lowest BCUT2D eigenvalue weighted by Gasteiger charge is -2.31. The van der Waals surface area contributed by atoms with Crippen molar-refractivity contribution in [2.24, 2.45) is 5.92 Å². The lowest BCUT2D eigenvalue weighted by molar-refractivity contribution is -0.120. The normalized spacial score (nSPS) is 16.5. The van der Waals surface area contributed by atoms with Crippen LogP contribution in [-0.2, 0) is 20.2 Å². The molecule has 1 aromatic carbocycles. The van der Waals surface area contributed by atoms with Crippen molar-refractivity contribution >= 4 is 21.7 Å². The van der Waals surface area contributed by atoms with Gasteiger partial charge in [-0.2, -0.15) is 4.31 Å². The number of aromatic nitrogens is 1. The molecule has 1 aliphatic rings. The Labute approximate surface area is 185 Å². The fourth-order valence-electron chi connectivity index (χ4n) is 3.97. The number of sulfonamides is 1. The number of hydrogen-bond donors (Lipinski definition) is 1. The second kappa shape index (κ2) is 8.39. The van der Waals surface area contributed by atoms with Gasteiger partial charge < -0.3 is 9.84 Å². The minimum Gasteiger partial charge on any atom is -0.359 e. The van der Waals surface area contributed by atoms with Crippen LogP contribution in [0.4, 0.5) is 5.82 Å². The molecule has 0 aliphatic carbocycles. The average molecular weight is 448 g/mol. The van der Waals surface area contributed by atoms with E-state index in [4.69, 9.17) is 4.52 Å². The fraction of sp³-hybridized carbons (Fsp3) is 0.565. The first kappa shape index (κ1) is 23.5. The first-order chi connectivity index (χ1) is 14.3. The molecule has 0 atom stereocenters. The van der Waals surface area contributed by atoms with Crippen LogP contribution in [0.1, 0.15) is 61.6 Å². The smallest absolute Gasteiger partial charge is 0.243 e. The van der Waals surface area contributed by atoms with E-state index >= 15 is 0 Å². The number of rotatable bonds is 4. The van der Waals surface area contributed by atoms with Crippen molar-refractivity contribution in [3.63, 3.8) is 0 Å². The van der Waals surface area contributed by atoms with Crippen LogP contribution >= 0.6 is 0 Å². The van der Waals surface area contributed by atoms with Gasteiger partial charge in [0.1, 0.15) is 5.76 Å². The average Bonchev–Trinajstić information content (AvgIpc) is 3.15. The molecule has 0 unspecified atom stereocenters. The molecular formula is C23H33N3O4S. The van der Waals surface area contributed by atoms with Crippen molar-refractivity contribution in [3.05, 3.63) is 40.1 Å². The lowest BCUT2D eigenvalue weighted by Crippen LogP contribution is -2.42. The van der Waals surface area contributed by atoms with E-state index in [1.165, 1.54) is 4.31 Å². The van der Waals surface area contributed by atoms with Gasteiger partial charge in [-0.05, 0) is 62.8 Å². The zero-order valence-corrected chi connectivity index (χ0v) is 20.3. The Morgan fingerprint density at radius 1 is 1.06 bits per heavy atom. The summed E-state index contributed by atoms with van der Waals surface area (Å²) in [6.07, 6.45) is 0.940. The second-order valence-electron chi connectivity index (χ2n) is 9.58. The molecule has 1 aliphatic heterocycles. The summed E-state index contributed by atoms with van der Waals surface area (Å²) in [5.74, 6) is 0.682. The Balaban J connectivity index is 1.69. The third-order valence-electron chi connectivity index (χ3n) is 6.22. The maximum absolute atomic E-state index is 13.4. The van der Waals surface area contributed by atoms with Crippen molar-refractivity contribution in [2.75, 3.05) is 18.4 Å². The highest BCUT2D eigenvalue weighted by molar-refractivity contribution is 7.89. The van der Waals surface area contributed by atoms with Crippen molar-refractivity contribution in [2.45, 2.75) is 71.6 Å². The number of nitrogens with zero attached hydrogens (tertiary/aromatic N) is 2. The number of carbonyl (C=O) groups excluding carboxylic acids is 1. The molecule has 3 rings (SSSR count). The summed E-state index contributed by atoms with van der Waals surface area (Å²) in [4.78, 5) is 13.1. The van der Waals surface area contributed by atoms with Gasteiger partial charge in [0.25, 0.3) is 0 Å². The zero-order chi connectivity index (χ0) is 23.1. The van der Waals surface area contributed by atoms with Gasteiger partial charge in [-0.1, -0.05) is 32.0 Å². The number of amides is 1. The Bertz CT molecular complexity index is 1060. The Kier molecular flexibility index (Phi) is 6.35. The molecule has 0 radical (unpaired) electrons. The summed E-state index contributed by atoms with van der Waals surface area (Å²) in [6.45, 7) is 14.3.